The second-order valence-electron chi connectivity index (χ2n) is 5.40. The van der Waals surface area contributed by atoms with Gasteiger partial charge in [0.15, 0.2) is 0 Å². The molecule has 0 radical (unpaired) electrons. The van der Waals surface area contributed by atoms with Crippen molar-refractivity contribution in [2.45, 2.75) is 0 Å². The standard InChI is InChI=1S/C15H10N3O6PS/c19-13-9-3-1-7(5-10(9)14(20)18-17-13)15-16-11-4-2-8(6-12(11)26-15)24-25(21,22)23/h1-6H,(H,17,19)(H,18,20)(H2,21,22,23). The summed E-state index contributed by atoms with van der Waals surface area (Å²) in [5.41, 5.74) is 0.449. The minimum atomic E-state index is -4.64. The number of H-pyrrole nitrogens is 2. The molecule has 0 atom stereocenters. The molecule has 0 bridgehead atoms. The Morgan fingerprint density at radius 1 is 1.00 bits per heavy atom. The molecule has 0 saturated heterocycles. The van der Waals surface area contributed by atoms with E-state index in [9.17, 15) is 14.2 Å². The first kappa shape index (κ1) is 16.7. The summed E-state index contributed by atoms with van der Waals surface area (Å²) in [6.07, 6.45) is 0. The number of fused-ring (bicyclic) bond motifs is 2. The molecule has 26 heavy (non-hydrogen) atoms. The molecule has 0 amide bonds. The van der Waals surface area contributed by atoms with E-state index in [-0.39, 0.29) is 16.5 Å². The van der Waals surface area contributed by atoms with Gasteiger partial charge in [0.2, 0.25) is 0 Å². The van der Waals surface area contributed by atoms with Crippen molar-refractivity contribution in [1.29, 1.82) is 0 Å². The summed E-state index contributed by atoms with van der Waals surface area (Å²) < 4.78 is 16.2. The lowest BCUT2D eigenvalue weighted by atomic mass is 10.1. The Morgan fingerprint density at radius 3 is 2.46 bits per heavy atom. The van der Waals surface area contributed by atoms with E-state index >= 15 is 0 Å². The molecule has 2 heterocycles. The van der Waals surface area contributed by atoms with Gasteiger partial charge in [-0.05, 0) is 24.3 Å². The number of rotatable bonds is 3. The average molecular weight is 391 g/mol. The van der Waals surface area contributed by atoms with Gasteiger partial charge in [-0.15, -0.1) is 11.3 Å². The Labute approximate surface area is 148 Å². The highest BCUT2D eigenvalue weighted by atomic mass is 32.1. The lowest BCUT2D eigenvalue weighted by molar-refractivity contribution is 0.283. The third-order valence-electron chi connectivity index (χ3n) is 3.63. The summed E-state index contributed by atoms with van der Waals surface area (Å²) in [5.74, 6) is 0.0301. The van der Waals surface area contributed by atoms with Crippen LogP contribution in [0.4, 0.5) is 0 Å². The average Bonchev–Trinajstić information content (AvgIpc) is 3.00. The zero-order valence-electron chi connectivity index (χ0n) is 12.8. The highest BCUT2D eigenvalue weighted by molar-refractivity contribution is 7.46. The molecule has 0 unspecified atom stereocenters. The Bertz CT molecular complexity index is 1320. The molecule has 9 nitrogen and oxygen atoms in total. The minimum absolute atomic E-state index is 0.0301. The van der Waals surface area contributed by atoms with Crippen LogP contribution in [0.3, 0.4) is 0 Å². The monoisotopic (exact) mass is 391 g/mol. The van der Waals surface area contributed by atoms with Crippen molar-refractivity contribution in [3.05, 3.63) is 57.1 Å². The van der Waals surface area contributed by atoms with E-state index in [1.807, 2.05) is 0 Å². The third-order valence-corrected chi connectivity index (χ3v) is 5.15. The van der Waals surface area contributed by atoms with Crippen LogP contribution >= 0.6 is 19.2 Å². The number of benzene rings is 2. The molecule has 0 aliphatic carbocycles. The van der Waals surface area contributed by atoms with Gasteiger partial charge >= 0.3 is 7.82 Å². The minimum Gasteiger partial charge on any atom is -0.404 e. The number of phosphoric acid groups is 1. The zero-order valence-corrected chi connectivity index (χ0v) is 14.5. The molecule has 11 heteroatoms. The van der Waals surface area contributed by atoms with Crippen LogP contribution in [0.25, 0.3) is 31.6 Å². The third kappa shape index (κ3) is 3.06. The van der Waals surface area contributed by atoms with Gasteiger partial charge in [-0.1, -0.05) is 6.07 Å². The maximum Gasteiger partial charge on any atom is 0.524 e. The summed E-state index contributed by atoms with van der Waals surface area (Å²) in [7, 11) is -4.64. The van der Waals surface area contributed by atoms with E-state index in [2.05, 4.69) is 19.7 Å². The highest BCUT2D eigenvalue weighted by Gasteiger charge is 2.17. The van der Waals surface area contributed by atoms with Gasteiger partial charge in [-0.25, -0.2) is 9.55 Å². The van der Waals surface area contributed by atoms with Gasteiger partial charge in [0.25, 0.3) is 11.1 Å². The van der Waals surface area contributed by atoms with Gasteiger partial charge in [-0.2, -0.15) is 0 Å². The van der Waals surface area contributed by atoms with Crippen molar-refractivity contribution in [3.63, 3.8) is 0 Å². The number of nitrogens with one attached hydrogen (secondary N) is 2. The topological polar surface area (TPSA) is 145 Å². The molecule has 2 aromatic carbocycles. The molecular formula is C15H10N3O6PS. The van der Waals surface area contributed by atoms with Crippen molar-refractivity contribution in [2.75, 3.05) is 0 Å². The molecule has 0 spiro atoms. The predicted molar refractivity (Wildman–Crippen MR) is 96.5 cm³/mol. The quantitative estimate of drug-likeness (QED) is 0.391. The van der Waals surface area contributed by atoms with E-state index < -0.39 is 18.9 Å². The molecule has 0 saturated carbocycles. The van der Waals surface area contributed by atoms with Crippen LogP contribution in [0.1, 0.15) is 0 Å². The molecular weight excluding hydrogens is 381 g/mol. The first-order chi connectivity index (χ1) is 12.3. The second kappa shape index (κ2) is 5.89. The van der Waals surface area contributed by atoms with Crippen LogP contribution in [0.15, 0.2) is 46.0 Å². The van der Waals surface area contributed by atoms with Crippen LogP contribution in [-0.4, -0.2) is 25.0 Å². The SMILES string of the molecule is O=c1[nH][nH]c(=O)c2cc(-c3nc4ccc(OP(=O)(O)O)cc4s3)ccc12. The molecule has 4 aromatic rings. The summed E-state index contributed by atoms with van der Waals surface area (Å²) in [6.45, 7) is 0. The molecule has 0 aliphatic heterocycles. The zero-order chi connectivity index (χ0) is 18.5. The predicted octanol–water partition coefficient (Wildman–Crippen LogP) is 1.96. The smallest absolute Gasteiger partial charge is 0.404 e. The number of aromatic nitrogens is 3. The van der Waals surface area contributed by atoms with Crippen molar-refractivity contribution in [1.82, 2.24) is 15.2 Å². The molecule has 4 rings (SSSR count). The van der Waals surface area contributed by atoms with E-state index in [0.29, 0.717) is 20.8 Å². The van der Waals surface area contributed by atoms with E-state index in [4.69, 9.17) is 9.79 Å². The first-order valence-corrected chi connectivity index (χ1v) is 9.56. The fourth-order valence-corrected chi connectivity index (χ4v) is 3.91. The van der Waals surface area contributed by atoms with Crippen LogP contribution in [0, 0.1) is 0 Å². The normalized spacial score (nSPS) is 11.9. The van der Waals surface area contributed by atoms with Gasteiger partial charge < -0.3 is 4.52 Å². The molecule has 0 fully saturated rings. The van der Waals surface area contributed by atoms with Crippen LogP contribution in [-0.2, 0) is 4.57 Å². The van der Waals surface area contributed by atoms with Crippen molar-refractivity contribution >= 4 is 40.1 Å². The largest absolute Gasteiger partial charge is 0.524 e. The maximum atomic E-state index is 11.9. The Hall–Kier alpha value is -2.78. The van der Waals surface area contributed by atoms with Crippen LogP contribution in [0.5, 0.6) is 5.75 Å². The number of hydrogen-bond donors (Lipinski definition) is 4. The Balaban J connectivity index is 1.83. The number of nitrogens with zero attached hydrogens (tertiary/aromatic N) is 1. The van der Waals surface area contributed by atoms with E-state index in [1.165, 1.54) is 23.5 Å². The van der Waals surface area contributed by atoms with Crippen molar-refractivity contribution in [3.8, 4) is 16.3 Å². The van der Waals surface area contributed by atoms with Gasteiger partial charge in [0.05, 0.1) is 21.0 Å². The van der Waals surface area contributed by atoms with Crippen molar-refractivity contribution in [2.24, 2.45) is 0 Å². The number of hydrogen-bond acceptors (Lipinski definition) is 6. The number of aromatic amines is 2. The van der Waals surface area contributed by atoms with Gasteiger partial charge in [0, 0.05) is 11.6 Å². The molecule has 4 N–H and O–H groups in total. The lowest BCUT2D eigenvalue weighted by Crippen LogP contribution is -2.18. The fraction of sp³-hybridized carbons (Fsp3) is 0. The van der Waals surface area contributed by atoms with Crippen molar-refractivity contribution < 1.29 is 18.9 Å². The molecule has 0 aliphatic rings. The molecule has 2 aromatic heterocycles. The van der Waals surface area contributed by atoms with Gasteiger partial charge in [-0.3, -0.25) is 29.6 Å². The Morgan fingerprint density at radius 2 is 1.73 bits per heavy atom. The summed E-state index contributed by atoms with van der Waals surface area (Å²) >= 11 is 1.27. The van der Waals surface area contributed by atoms with Gasteiger partial charge in [0.1, 0.15) is 10.8 Å². The number of thiazole rings is 1. The van der Waals surface area contributed by atoms with Crippen LogP contribution < -0.4 is 15.6 Å². The fourth-order valence-electron chi connectivity index (χ4n) is 2.53. The highest BCUT2D eigenvalue weighted by Crippen LogP contribution is 2.40. The lowest BCUT2D eigenvalue weighted by Gasteiger charge is -2.05. The molecule has 132 valence electrons. The number of phosphoric ester groups is 1. The Kier molecular flexibility index (Phi) is 3.78. The summed E-state index contributed by atoms with van der Waals surface area (Å²) in [6, 6.07) is 9.28. The summed E-state index contributed by atoms with van der Waals surface area (Å²) in [5, 5.41) is 5.65. The van der Waals surface area contributed by atoms with Crippen LogP contribution in [0.2, 0.25) is 0 Å². The first-order valence-electron chi connectivity index (χ1n) is 7.21. The van der Waals surface area contributed by atoms with E-state index in [1.54, 1.807) is 24.3 Å². The maximum absolute atomic E-state index is 11.9. The second-order valence-corrected chi connectivity index (χ2v) is 7.59. The van der Waals surface area contributed by atoms with E-state index in [0.717, 1.165) is 0 Å². The summed E-state index contributed by atoms with van der Waals surface area (Å²) in [4.78, 5) is 45.9.